The van der Waals surface area contributed by atoms with Gasteiger partial charge in [0.05, 0.1) is 26.1 Å². The fourth-order valence-electron chi connectivity index (χ4n) is 1.62. The van der Waals surface area contributed by atoms with Crippen molar-refractivity contribution in [1.29, 1.82) is 0 Å². The molecule has 0 spiro atoms. The molecule has 0 aliphatic rings. The highest BCUT2D eigenvalue weighted by molar-refractivity contribution is 5.83. The lowest BCUT2D eigenvalue weighted by atomic mass is 10.2. The minimum Gasteiger partial charge on any atom is -0.497 e. The quantitative estimate of drug-likeness (QED) is 0.599. The van der Waals surface area contributed by atoms with Gasteiger partial charge < -0.3 is 18.8 Å². The molecule has 0 saturated carbocycles. The van der Waals surface area contributed by atoms with Crippen molar-refractivity contribution < 1.29 is 18.8 Å². The molecule has 106 valence electrons. The second-order valence-electron chi connectivity index (χ2n) is 4.05. The Kier molecular flexibility index (Phi) is 4.60. The van der Waals surface area contributed by atoms with Gasteiger partial charge in [0.1, 0.15) is 11.5 Å². The van der Waals surface area contributed by atoms with E-state index in [0.29, 0.717) is 11.5 Å². The van der Waals surface area contributed by atoms with Crippen molar-refractivity contribution in [2.45, 2.75) is 13.5 Å². The Labute approximate surface area is 116 Å². The van der Waals surface area contributed by atoms with Crippen LogP contribution in [0.25, 0.3) is 0 Å². The lowest BCUT2D eigenvalue weighted by Gasteiger charge is -2.06. The van der Waals surface area contributed by atoms with E-state index in [0.717, 1.165) is 17.0 Å². The molecule has 0 atom stereocenters. The third-order valence-electron chi connectivity index (χ3n) is 2.59. The predicted octanol–water partition coefficient (Wildman–Crippen LogP) is 2.55. The van der Waals surface area contributed by atoms with Gasteiger partial charge in [-0.15, -0.1) is 0 Å². The normalized spacial score (nSPS) is 10.8. The first-order valence-electron chi connectivity index (χ1n) is 6.02. The summed E-state index contributed by atoms with van der Waals surface area (Å²) in [4.78, 5) is 5.15. The van der Waals surface area contributed by atoms with Gasteiger partial charge in [0.25, 0.3) is 0 Å². The number of methoxy groups -OCH3 is 2. The Bertz CT molecular complexity index is 593. The SMILES string of the molecule is COc1ccc(OC)c(/C=N/OCc2cc(C)no2)c1. The zero-order valence-corrected chi connectivity index (χ0v) is 11.6. The molecule has 0 bridgehead atoms. The highest BCUT2D eigenvalue weighted by Crippen LogP contribution is 2.22. The summed E-state index contributed by atoms with van der Waals surface area (Å²) in [5.74, 6) is 2.03. The van der Waals surface area contributed by atoms with Crippen molar-refractivity contribution in [2.75, 3.05) is 14.2 Å². The Morgan fingerprint density at radius 2 is 2.10 bits per heavy atom. The molecule has 20 heavy (non-hydrogen) atoms. The first kappa shape index (κ1) is 13.9. The first-order valence-corrected chi connectivity index (χ1v) is 6.02. The summed E-state index contributed by atoms with van der Waals surface area (Å²) >= 11 is 0. The smallest absolute Gasteiger partial charge is 0.177 e. The number of oxime groups is 1. The fourth-order valence-corrected chi connectivity index (χ4v) is 1.62. The molecule has 0 amide bonds. The number of rotatable bonds is 6. The van der Waals surface area contributed by atoms with Crippen LogP contribution in [0.4, 0.5) is 0 Å². The average Bonchev–Trinajstić information content (AvgIpc) is 2.89. The van der Waals surface area contributed by atoms with Gasteiger partial charge in [-0.2, -0.15) is 0 Å². The Balaban J connectivity index is 1.99. The number of hydrogen-bond donors (Lipinski definition) is 0. The minimum atomic E-state index is 0.226. The zero-order chi connectivity index (χ0) is 14.4. The van der Waals surface area contributed by atoms with Crippen LogP contribution < -0.4 is 9.47 Å². The van der Waals surface area contributed by atoms with E-state index < -0.39 is 0 Å². The molecule has 0 N–H and O–H groups in total. The largest absolute Gasteiger partial charge is 0.497 e. The third kappa shape index (κ3) is 3.50. The van der Waals surface area contributed by atoms with Crippen LogP contribution in [0.3, 0.4) is 0 Å². The summed E-state index contributed by atoms with van der Waals surface area (Å²) in [6.45, 7) is 2.07. The van der Waals surface area contributed by atoms with Crippen LogP contribution >= 0.6 is 0 Å². The molecule has 2 aromatic rings. The number of nitrogens with zero attached hydrogens (tertiary/aromatic N) is 2. The molecule has 1 heterocycles. The number of benzene rings is 1. The maximum absolute atomic E-state index is 5.23. The van der Waals surface area contributed by atoms with Gasteiger partial charge in [-0.3, -0.25) is 0 Å². The topological polar surface area (TPSA) is 66.1 Å². The molecule has 0 aliphatic heterocycles. The van der Waals surface area contributed by atoms with E-state index in [1.807, 2.05) is 19.1 Å². The van der Waals surface area contributed by atoms with Crippen molar-refractivity contribution in [2.24, 2.45) is 5.16 Å². The van der Waals surface area contributed by atoms with E-state index in [1.165, 1.54) is 0 Å². The molecular formula is C14H16N2O4. The molecular weight excluding hydrogens is 260 g/mol. The van der Waals surface area contributed by atoms with Crippen molar-refractivity contribution >= 4 is 6.21 Å². The number of hydrogen-bond acceptors (Lipinski definition) is 6. The first-order chi connectivity index (χ1) is 9.72. The number of aryl methyl sites for hydroxylation is 1. The van der Waals surface area contributed by atoms with Crippen molar-refractivity contribution in [3.8, 4) is 11.5 Å². The van der Waals surface area contributed by atoms with Crippen LogP contribution in [0.15, 0.2) is 33.9 Å². The molecule has 6 nitrogen and oxygen atoms in total. The van der Waals surface area contributed by atoms with Gasteiger partial charge in [0.15, 0.2) is 12.4 Å². The summed E-state index contributed by atoms with van der Waals surface area (Å²) in [5, 5.41) is 7.64. The third-order valence-corrected chi connectivity index (χ3v) is 2.59. The van der Waals surface area contributed by atoms with Gasteiger partial charge >= 0.3 is 0 Å². The summed E-state index contributed by atoms with van der Waals surface area (Å²) in [7, 11) is 3.20. The molecule has 0 saturated heterocycles. The van der Waals surface area contributed by atoms with Gasteiger partial charge in [-0.25, -0.2) is 0 Å². The monoisotopic (exact) mass is 276 g/mol. The lowest BCUT2D eigenvalue weighted by Crippen LogP contribution is -1.93. The molecule has 6 heteroatoms. The Morgan fingerprint density at radius 3 is 2.75 bits per heavy atom. The number of aromatic nitrogens is 1. The van der Waals surface area contributed by atoms with Crippen LogP contribution in [0.5, 0.6) is 11.5 Å². The van der Waals surface area contributed by atoms with Gasteiger partial charge in [0.2, 0.25) is 0 Å². The van der Waals surface area contributed by atoms with Gasteiger partial charge in [0, 0.05) is 11.6 Å². The standard InChI is InChI=1S/C14H16N2O4/c1-10-6-13(20-16-10)9-19-15-8-11-7-12(17-2)4-5-14(11)18-3/h4-8H,9H2,1-3H3/b15-8+. The second kappa shape index (κ2) is 6.60. The zero-order valence-electron chi connectivity index (χ0n) is 11.6. The summed E-state index contributed by atoms with van der Waals surface area (Å²) in [6, 6.07) is 7.22. The maximum atomic E-state index is 5.23. The van der Waals surface area contributed by atoms with Crippen LogP contribution in [-0.2, 0) is 11.4 Å². The van der Waals surface area contributed by atoms with E-state index in [-0.39, 0.29) is 6.61 Å². The van der Waals surface area contributed by atoms with E-state index in [4.69, 9.17) is 18.8 Å². The molecule has 1 aromatic carbocycles. The molecule has 0 radical (unpaired) electrons. The molecule has 0 aliphatic carbocycles. The summed E-state index contributed by atoms with van der Waals surface area (Å²) < 4.78 is 15.4. The van der Waals surface area contributed by atoms with E-state index in [9.17, 15) is 0 Å². The fraction of sp³-hybridized carbons (Fsp3) is 0.286. The van der Waals surface area contributed by atoms with E-state index in [1.54, 1.807) is 32.6 Å². The number of ether oxygens (including phenoxy) is 2. The second-order valence-corrected chi connectivity index (χ2v) is 4.05. The van der Waals surface area contributed by atoms with E-state index in [2.05, 4.69) is 10.3 Å². The Hall–Kier alpha value is -2.50. The minimum absolute atomic E-state index is 0.226. The van der Waals surface area contributed by atoms with Gasteiger partial charge in [-0.05, 0) is 25.1 Å². The van der Waals surface area contributed by atoms with E-state index >= 15 is 0 Å². The van der Waals surface area contributed by atoms with Crippen molar-refractivity contribution in [1.82, 2.24) is 5.16 Å². The molecule has 0 fully saturated rings. The van der Waals surface area contributed by atoms with Crippen LogP contribution in [-0.4, -0.2) is 25.6 Å². The van der Waals surface area contributed by atoms with Crippen LogP contribution in [0.1, 0.15) is 17.0 Å². The average molecular weight is 276 g/mol. The van der Waals surface area contributed by atoms with Crippen molar-refractivity contribution in [3.63, 3.8) is 0 Å². The van der Waals surface area contributed by atoms with Crippen LogP contribution in [0, 0.1) is 6.92 Å². The summed E-state index contributed by atoms with van der Waals surface area (Å²) in [6.07, 6.45) is 1.56. The van der Waals surface area contributed by atoms with Crippen LogP contribution in [0.2, 0.25) is 0 Å². The summed E-state index contributed by atoms with van der Waals surface area (Å²) in [5.41, 5.74) is 1.57. The van der Waals surface area contributed by atoms with Crippen molar-refractivity contribution in [3.05, 3.63) is 41.3 Å². The maximum Gasteiger partial charge on any atom is 0.177 e. The molecule has 1 aromatic heterocycles. The predicted molar refractivity (Wildman–Crippen MR) is 73.2 cm³/mol. The highest BCUT2D eigenvalue weighted by Gasteiger charge is 2.03. The van der Waals surface area contributed by atoms with Gasteiger partial charge in [-0.1, -0.05) is 10.3 Å². The molecule has 2 rings (SSSR count). The molecule has 0 unspecified atom stereocenters. The highest BCUT2D eigenvalue weighted by atomic mass is 16.6. The lowest BCUT2D eigenvalue weighted by molar-refractivity contribution is 0.110. The Morgan fingerprint density at radius 1 is 1.25 bits per heavy atom.